The Balaban J connectivity index is 1.71. The van der Waals surface area contributed by atoms with Gasteiger partial charge in [-0.25, -0.2) is 0 Å². The normalized spacial score (nSPS) is 35.8. The summed E-state index contributed by atoms with van der Waals surface area (Å²) in [5, 5.41) is 7.43. The van der Waals surface area contributed by atoms with E-state index in [-0.39, 0.29) is 12.1 Å². The van der Waals surface area contributed by atoms with Crippen LogP contribution in [-0.2, 0) is 4.74 Å². The van der Waals surface area contributed by atoms with E-state index >= 15 is 0 Å². The van der Waals surface area contributed by atoms with E-state index < -0.39 is 0 Å². The molecule has 19 heavy (non-hydrogen) atoms. The van der Waals surface area contributed by atoms with Crippen LogP contribution in [-0.4, -0.2) is 47.0 Å². The predicted octanol–water partition coefficient (Wildman–Crippen LogP) is 0.871. The van der Waals surface area contributed by atoms with Crippen molar-refractivity contribution in [2.24, 2.45) is 11.7 Å². The van der Waals surface area contributed by atoms with Crippen LogP contribution < -0.4 is 10.6 Å². The minimum absolute atomic E-state index is 0.212. The number of nitrogens with zero attached hydrogens (tertiary/aromatic N) is 3. The fourth-order valence-corrected chi connectivity index (χ4v) is 2.94. The summed E-state index contributed by atoms with van der Waals surface area (Å²) in [6.45, 7) is 6.95. The third kappa shape index (κ3) is 2.47. The summed E-state index contributed by atoms with van der Waals surface area (Å²) in [7, 11) is 0. The second-order valence-corrected chi connectivity index (χ2v) is 5.87. The first-order chi connectivity index (χ1) is 9.15. The number of aromatic amines is 1. The number of H-pyrrole nitrogens is 1. The molecule has 0 saturated carbocycles. The molecule has 2 fully saturated rings. The van der Waals surface area contributed by atoms with E-state index in [1.165, 1.54) is 0 Å². The number of nitrogens with two attached hydrogens (primary N) is 1. The molecule has 3 heterocycles. The van der Waals surface area contributed by atoms with Gasteiger partial charge in [-0.05, 0) is 25.7 Å². The number of piperidine rings is 1. The lowest BCUT2D eigenvalue weighted by molar-refractivity contribution is 0.117. The van der Waals surface area contributed by atoms with E-state index in [1.807, 2.05) is 0 Å². The van der Waals surface area contributed by atoms with Crippen LogP contribution in [0.25, 0.3) is 0 Å². The SMILES string of the molecule is CC1CCN(c2n[nH]c(C3CCOC3C)n2)CC1N. The van der Waals surface area contributed by atoms with Crippen LogP contribution >= 0.6 is 0 Å². The highest BCUT2D eigenvalue weighted by Gasteiger charge is 2.30. The number of anilines is 1. The van der Waals surface area contributed by atoms with Gasteiger partial charge < -0.3 is 15.4 Å². The standard InChI is InChI=1S/C13H23N5O/c1-8-3-5-18(7-11(8)14)13-15-12(16-17-13)10-4-6-19-9(10)2/h8-11H,3-7,14H2,1-2H3,(H,15,16,17). The highest BCUT2D eigenvalue weighted by Crippen LogP contribution is 2.29. The molecule has 4 unspecified atom stereocenters. The Bertz CT molecular complexity index is 434. The van der Waals surface area contributed by atoms with Crippen molar-refractivity contribution in [2.75, 3.05) is 24.6 Å². The molecule has 0 aliphatic carbocycles. The van der Waals surface area contributed by atoms with Crippen LogP contribution in [0.2, 0.25) is 0 Å². The quantitative estimate of drug-likeness (QED) is 0.829. The van der Waals surface area contributed by atoms with Crippen molar-refractivity contribution in [1.82, 2.24) is 15.2 Å². The largest absolute Gasteiger partial charge is 0.378 e. The Morgan fingerprint density at radius 2 is 2.21 bits per heavy atom. The summed E-state index contributed by atoms with van der Waals surface area (Å²) in [6, 6.07) is 0.212. The van der Waals surface area contributed by atoms with Gasteiger partial charge in [-0.1, -0.05) is 6.92 Å². The van der Waals surface area contributed by atoms with Crippen molar-refractivity contribution in [3.05, 3.63) is 5.82 Å². The fraction of sp³-hybridized carbons (Fsp3) is 0.846. The van der Waals surface area contributed by atoms with E-state index in [0.717, 1.165) is 44.3 Å². The van der Waals surface area contributed by atoms with Crippen LogP contribution in [0.3, 0.4) is 0 Å². The third-order valence-electron chi connectivity index (χ3n) is 4.52. The van der Waals surface area contributed by atoms with Crippen LogP contribution in [0.5, 0.6) is 0 Å². The summed E-state index contributed by atoms with van der Waals surface area (Å²) < 4.78 is 5.58. The molecule has 6 nitrogen and oxygen atoms in total. The molecular formula is C13H23N5O. The van der Waals surface area contributed by atoms with Crippen molar-refractivity contribution in [2.45, 2.75) is 44.8 Å². The maximum atomic E-state index is 6.13. The van der Waals surface area contributed by atoms with E-state index in [1.54, 1.807) is 0 Å². The van der Waals surface area contributed by atoms with Crippen molar-refractivity contribution >= 4 is 5.95 Å². The minimum atomic E-state index is 0.212. The molecule has 2 aliphatic heterocycles. The van der Waals surface area contributed by atoms with Crippen LogP contribution in [0.4, 0.5) is 5.95 Å². The van der Waals surface area contributed by atoms with E-state index in [0.29, 0.717) is 11.8 Å². The smallest absolute Gasteiger partial charge is 0.244 e. The molecule has 4 atom stereocenters. The average molecular weight is 265 g/mol. The molecule has 0 bridgehead atoms. The summed E-state index contributed by atoms with van der Waals surface area (Å²) in [5.74, 6) is 2.67. The number of aromatic nitrogens is 3. The zero-order valence-electron chi connectivity index (χ0n) is 11.7. The lowest BCUT2D eigenvalue weighted by Crippen LogP contribution is -2.48. The first-order valence-electron chi connectivity index (χ1n) is 7.19. The van der Waals surface area contributed by atoms with Gasteiger partial charge in [-0.15, -0.1) is 5.10 Å². The van der Waals surface area contributed by atoms with Gasteiger partial charge in [0.05, 0.1) is 6.10 Å². The molecule has 0 amide bonds. The van der Waals surface area contributed by atoms with E-state index in [4.69, 9.17) is 10.5 Å². The van der Waals surface area contributed by atoms with Gasteiger partial charge in [-0.2, -0.15) is 4.98 Å². The molecule has 2 aliphatic rings. The van der Waals surface area contributed by atoms with Gasteiger partial charge in [0.25, 0.3) is 0 Å². The second kappa shape index (κ2) is 5.09. The van der Waals surface area contributed by atoms with Gasteiger partial charge in [0, 0.05) is 31.7 Å². The zero-order valence-corrected chi connectivity index (χ0v) is 11.7. The number of ether oxygens (including phenoxy) is 1. The predicted molar refractivity (Wildman–Crippen MR) is 73.1 cm³/mol. The Morgan fingerprint density at radius 1 is 1.37 bits per heavy atom. The molecule has 1 aromatic heterocycles. The van der Waals surface area contributed by atoms with Gasteiger partial charge in [0.2, 0.25) is 5.95 Å². The molecule has 0 radical (unpaired) electrons. The molecule has 3 N–H and O–H groups in total. The first-order valence-corrected chi connectivity index (χ1v) is 7.19. The van der Waals surface area contributed by atoms with Gasteiger partial charge in [0.15, 0.2) is 0 Å². The molecule has 0 spiro atoms. The summed E-state index contributed by atoms with van der Waals surface area (Å²) in [4.78, 5) is 6.84. The highest BCUT2D eigenvalue weighted by molar-refractivity contribution is 5.31. The zero-order chi connectivity index (χ0) is 13.4. The Morgan fingerprint density at radius 3 is 2.89 bits per heavy atom. The molecule has 0 aromatic carbocycles. The maximum absolute atomic E-state index is 6.13. The summed E-state index contributed by atoms with van der Waals surface area (Å²) in [6.07, 6.45) is 2.35. The van der Waals surface area contributed by atoms with Crippen molar-refractivity contribution in [1.29, 1.82) is 0 Å². The minimum Gasteiger partial charge on any atom is -0.378 e. The first kappa shape index (κ1) is 12.9. The Kier molecular flexibility index (Phi) is 3.45. The lowest BCUT2D eigenvalue weighted by atomic mass is 9.95. The topological polar surface area (TPSA) is 80.1 Å². The maximum Gasteiger partial charge on any atom is 0.244 e. The molecule has 2 saturated heterocycles. The number of nitrogens with one attached hydrogen (secondary N) is 1. The van der Waals surface area contributed by atoms with Crippen molar-refractivity contribution in [3.8, 4) is 0 Å². The number of hydrogen-bond donors (Lipinski definition) is 2. The Hall–Kier alpha value is -1.14. The molecule has 106 valence electrons. The van der Waals surface area contributed by atoms with Crippen LogP contribution in [0.15, 0.2) is 0 Å². The van der Waals surface area contributed by atoms with Crippen molar-refractivity contribution < 1.29 is 4.74 Å². The van der Waals surface area contributed by atoms with Gasteiger partial charge in [-0.3, -0.25) is 5.10 Å². The monoisotopic (exact) mass is 265 g/mol. The fourth-order valence-electron chi connectivity index (χ4n) is 2.94. The molecule has 1 aromatic rings. The molecule has 6 heteroatoms. The van der Waals surface area contributed by atoms with E-state index in [9.17, 15) is 0 Å². The van der Waals surface area contributed by atoms with Crippen LogP contribution in [0, 0.1) is 5.92 Å². The summed E-state index contributed by atoms with van der Waals surface area (Å²) >= 11 is 0. The highest BCUT2D eigenvalue weighted by atomic mass is 16.5. The van der Waals surface area contributed by atoms with Crippen molar-refractivity contribution in [3.63, 3.8) is 0 Å². The molecule has 3 rings (SSSR count). The lowest BCUT2D eigenvalue weighted by Gasteiger charge is -2.34. The molecular weight excluding hydrogens is 242 g/mol. The van der Waals surface area contributed by atoms with Crippen LogP contribution in [0.1, 0.15) is 38.4 Å². The van der Waals surface area contributed by atoms with Gasteiger partial charge in [0.1, 0.15) is 5.82 Å². The third-order valence-corrected chi connectivity index (χ3v) is 4.52. The Labute approximate surface area is 113 Å². The summed E-state index contributed by atoms with van der Waals surface area (Å²) in [5.41, 5.74) is 6.13. The van der Waals surface area contributed by atoms with E-state index in [2.05, 4.69) is 33.9 Å². The second-order valence-electron chi connectivity index (χ2n) is 5.87. The number of rotatable bonds is 2. The number of hydrogen-bond acceptors (Lipinski definition) is 5. The van der Waals surface area contributed by atoms with Gasteiger partial charge >= 0.3 is 0 Å². The average Bonchev–Trinajstić information content (AvgIpc) is 3.01.